The second kappa shape index (κ2) is 6.90. The molecule has 1 aromatic carbocycles. The summed E-state index contributed by atoms with van der Waals surface area (Å²) >= 11 is 3.28. The molecule has 1 N–H and O–H groups in total. The lowest BCUT2D eigenvalue weighted by molar-refractivity contribution is -0.150. The minimum absolute atomic E-state index is 0.229. The number of carbonyl (C=O) groups is 2. The number of amides is 1. The minimum Gasteiger partial charge on any atom is -0.482 e. The first-order valence-electron chi connectivity index (χ1n) is 4.86. The molecule has 0 spiro atoms. The van der Waals surface area contributed by atoms with Crippen molar-refractivity contribution in [2.45, 2.75) is 0 Å². The number of hydrogen-bond donors (Lipinski definition) is 1. The van der Waals surface area contributed by atoms with E-state index >= 15 is 0 Å². The lowest BCUT2D eigenvalue weighted by atomic mass is 10.3. The molecule has 1 aromatic rings. The molecule has 5 nitrogen and oxygen atoms in total. The van der Waals surface area contributed by atoms with Crippen molar-refractivity contribution in [2.75, 3.05) is 20.3 Å². The average molecular weight is 302 g/mol. The molecular weight excluding hydrogens is 290 g/mol. The third-order valence-corrected chi connectivity index (χ3v) is 2.29. The average Bonchev–Trinajstić information content (AvgIpc) is 2.33. The molecule has 0 aliphatic rings. The normalized spacial score (nSPS) is 9.53. The zero-order valence-corrected chi connectivity index (χ0v) is 10.8. The van der Waals surface area contributed by atoms with E-state index in [0.29, 0.717) is 5.75 Å². The second-order valence-corrected chi connectivity index (χ2v) is 4.00. The van der Waals surface area contributed by atoms with Crippen LogP contribution in [0.5, 0.6) is 5.75 Å². The summed E-state index contributed by atoms with van der Waals surface area (Å²) in [6, 6.07) is 7.08. The molecule has 0 heterocycles. The van der Waals surface area contributed by atoms with E-state index < -0.39 is 5.97 Å². The van der Waals surface area contributed by atoms with Gasteiger partial charge in [0.05, 0.1) is 0 Å². The van der Waals surface area contributed by atoms with Gasteiger partial charge >= 0.3 is 5.97 Å². The monoisotopic (exact) mass is 301 g/mol. The van der Waals surface area contributed by atoms with E-state index in [4.69, 9.17) is 4.74 Å². The van der Waals surface area contributed by atoms with E-state index in [0.717, 1.165) is 4.47 Å². The summed E-state index contributed by atoms with van der Waals surface area (Å²) in [4.78, 5) is 22.0. The van der Waals surface area contributed by atoms with Gasteiger partial charge in [-0.3, -0.25) is 4.79 Å². The Morgan fingerprint density at radius 2 is 2.12 bits per heavy atom. The van der Waals surface area contributed by atoms with Crippen molar-refractivity contribution in [3.63, 3.8) is 0 Å². The molecule has 1 rings (SSSR count). The van der Waals surface area contributed by atoms with Crippen LogP contribution in [0.4, 0.5) is 0 Å². The molecule has 0 atom stereocenters. The summed E-state index contributed by atoms with van der Waals surface area (Å²) in [5.74, 6) is -0.398. The first kappa shape index (κ1) is 13.5. The van der Waals surface area contributed by atoms with Gasteiger partial charge in [-0.2, -0.15) is 0 Å². The highest BCUT2D eigenvalue weighted by Gasteiger charge is 2.07. The summed E-state index contributed by atoms with van der Waals surface area (Å²) in [6.45, 7) is -0.523. The standard InChI is InChI=1S/C11H12BrNO4/c1-13-10(14)6-17-11(15)7-16-9-4-2-3-8(12)5-9/h2-5H,6-7H2,1H3,(H,13,14). The van der Waals surface area contributed by atoms with E-state index in [2.05, 4.69) is 26.0 Å². The molecule has 17 heavy (non-hydrogen) atoms. The number of rotatable bonds is 5. The van der Waals surface area contributed by atoms with Crippen LogP contribution in [0.1, 0.15) is 0 Å². The van der Waals surface area contributed by atoms with E-state index in [1.54, 1.807) is 18.2 Å². The third-order valence-electron chi connectivity index (χ3n) is 1.80. The Hall–Kier alpha value is -1.56. The Labute approximate surface area is 107 Å². The first-order chi connectivity index (χ1) is 8.11. The smallest absolute Gasteiger partial charge is 0.344 e. The number of ether oxygens (including phenoxy) is 2. The first-order valence-corrected chi connectivity index (χ1v) is 5.65. The third kappa shape index (κ3) is 5.35. The molecule has 0 unspecified atom stereocenters. The van der Waals surface area contributed by atoms with Gasteiger partial charge in [-0.15, -0.1) is 0 Å². The second-order valence-electron chi connectivity index (χ2n) is 3.08. The lowest BCUT2D eigenvalue weighted by Crippen LogP contribution is -2.26. The summed E-state index contributed by atoms with van der Waals surface area (Å²) in [6.07, 6.45) is 0. The number of hydrogen-bond acceptors (Lipinski definition) is 4. The Morgan fingerprint density at radius 1 is 1.35 bits per heavy atom. The van der Waals surface area contributed by atoms with Gasteiger partial charge in [0.15, 0.2) is 13.2 Å². The highest BCUT2D eigenvalue weighted by Crippen LogP contribution is 2.17. The maximum atomic E-state index is 11.2. The fourth-order valence-corrected chi connectivity index (χ4v) is 1.34. The number of nitrogens with one attached hydrogen (secondary N) is 1. The molecular formula is C11H12BrNO4. The summed E-state index contributed by atoms with van der Waals surface area (Å²) in [5, 5.41) is 2.34. The molecule has 0 saturated heterocycles. The van der Waals surface area contributed by atoms with Crippen LogP contribution in [-0.2, 0) is 14.3 Å². The number of benzene rings is 1. The fourth-order valence-electron chi connectivity index (χ4n) is 0.959. The van der Waals surface area contributed by atoms with Crippen LogP contribution < -0.4 is 10.1 Å². The Bertz CT molecular complexity index is 408. The quantitative estimate of drug-likeness (QED) is 0.828. The predicted octanol–water partition coefficient (Wildman–Crippen LogP) is 1.12. The SMILES string of the molecule is CNC(=O)COC(=O)COc1cccc(Br)c1. The molecule has 6 heteroatoms. The molecule has 0 fully saturated rings. The molecule has 0 aliphatic carbocycles. The Morgan fingerprint density at radius 3 is 2.76 bits per heavy atom. The van der Waals surface area contributed by atoms with Crippen LogP contribution in [0.15, 0.2) is 28.7 Å². The van der Waals surface area contributed by atoms with Gasteiger partial charge in [0.2, 0.25) is 0 Å². The highest BCUT2D eigenvalue weighted by atomic mass is 79.9. The van der Waals surface area contributed by atoms with E-state index in [-0.39, 0.29) is 19.1 Å². The van der Waals surface area contributed by atoms with Gasteiger partial charge in [0.25, 0.3) is 5.91 Å². The topological polar surface area (TPSA) is 64.6 Å². The van der Waals surface area contributed by atoms with Crippen molar-refractivity contribution in [1.82, 2.24) is 5.32 Å². The van der Waals surface area contributed by atoms with Crippen LogP contribution in [0.2, 0.25) is 0 Å². The molecule has 1 amide bonds. The Balaban J connectivity index is 2.31. The van der Waals surface area contributed by atoms with Crippen molar-refractivity contribution in [2.24, 2.45) is 0 Å². The van der Waals surface area contributed by atoms with Gasteiger partial charge in [0, 0.05) is 11.5 Å². The summed E-state index contributed by atoms with van der Waals surface area (Å²) in [5.41, 5.74) is 0. The number of likely N-dealkylation sites (N-methyl/N-ethyl adjacent to an activating group) is 1. The van der Waals surface area contributed by atoms with Gasteiger partial charge in [-0.1, -0.05) is 22.0 Å². The zero-order chi connectivity index (χ0) is 12.7. The van der Waals surface area contributed by atoms with E-state index in [1.807, 2.05) is 6.07 Å². The highest BCUT2D eigenvalue weighted by molar-refractivity contribution is 9.10. The van der Waals surface area contributed by atoms with Crippen molar-refractivity contribution in [3.05, 3.63) is 28.7 Å². The van der Waals surface area contributed by atoms with Crippen molar-refractivity contribution in [3.8, 4) is 5.75 Å². The maximum Gasteiger partial charge on any atom is 0.344 e. The van der Waals surface area contributed by atoms with Gasteiger partial charge < -0.3 is 14.8 Å². The molecule has 0 aliphatic heterocycles. The fraction of sp³-hybridized carbons (Fsp3) is 0.273. The summed E-state index contributed by atoms with van der Waals surface area (Å²) < 4.78 is 10.7. The molecule has 0 aromatic heterocycles. The maximum absolute atomic E-state index is 11.2. The number of carbonyl (C=O) groups excluding carboxylic acids is 2. The van der Waals surface area contributed by atoms with Gasteiger partial charge in [-0.05, 0) is 18.2 Å². The Kier molecular flexibility index (Phi) is 5.48. The van der Waals surface area contributed by atoms with Crippen LogP contribution in [0.25, 0.3) is 0 Å². The van der Waals surface area contributed by atoms with Crippen molar-refractivity contribution in [1.29, 1.82) is 0 Å². The van der Waals surface area contributed by atoms with Crippen molar-refractivity contribution >= 4 is 27.8 Å². The van der Waals surface area contributed by atoms with Crippen LogP contribution in [0, 0.1) is 0 Å². The zero-order valence-electron chi connectivity index (χ0n) is 9.23. The number of halogens is 1. The summed E-state index contributed by atoms with van der Waals surface area (Å²) in [7, 11) is 1.47. The van der Waals surface area contributed by atoms with Gasteiger partial charge in [0.1, 0.15) is 5.75 Å². The largest absolute Gasteiger partial charge is 0.482 e. The van der Waals surface area contributed by atoms with Crippen LogP contribution in [-0.4, -0.2) is 32.1 Å². The van der Waals surface area contributed by atoms with Crippen LogP contribution >= 0.6 is 15.9 Å². The molecule has 0 bridgehead atoms. The molecule has 0 saturated carbocycles. The van der Waals surface area contributed by atoms with Crippen molar-refractivity contribution < 1.29 is 19.1 Å². The molecule has 92 valence electrons. The predicted molar refractivity (Wildman–Crippen MR) is 64.7 cm³/mol. The van der Waals surface area contributed by atoms with Crippen LogP contribution in [0.3, 0.4) is 0 Å². The van der Waals surface area contributed by atoms with E-state index in [9.17, 15) is 9.59 Å². The minimum atomic E-state index is -0.589. The van der Waals surface area contributed by atoms with E-state index in [1.165, 1.54) is 7.05 Å². The van der Waals surface area contributed by atoms with Gasteiger partial charge in [-0.25, -0.2) is 4.79 Å². The number of esters is 1. The molecule has 0 radical (unpaired) electrons. The lowest BCUT2D eigenvalue weighted by Gasteiger charge is -2.06.